The molecule has 5 rings (SSSR count). The molecule has 5 N–H and O–H groups in total. The van der Waals surface area contributed by atoms with Gasteiger partial charge in [-0.2, -0.15) is 0 Å². The number of carbonyl (C=O) groups excluding carboxylic acids is 3. The standard InChI is InChI=1S/C36H49ClFN5O6/c1-23(38)33(42(2)40)29(39)20-48-30-11-10-28(37)26(12-15-41-22-44)32(30)27(18-43-21-36(13-14-36)17-31(43)45)25-9-6-16-47-34(25)35(46)49-19-24-7-4-3-5-8-24/h4,7-8,10-11,22-23,25,27,34H,3,5-6,9,12-21,39-40H2,1-2H3,(H,41,44)/b33-29-. The minimum absolute atomic E-state index is 0.0155. The van der Waals surface area contributed by atoms with Crippen LogP contribution in [0.1, 0.15) is 68.9 Å². The maximum absolute atomic E-state index is 14.5. The molecule has 1 saturated carbocycles. The monoisotopic (exact) mass is 701 g/mol. The fourth-order valence-corrected chi connectivity index (χ4v) is 7.72. The Balaban J connectivity index is 1.55. The van der Waals surface area contributed by atoms with E-state index in [0.717, 1.165) is 36.3 Å². The number of ether oxygens (including phenoxy) is 3. The number of likely N-dealkylation sites (tertiary alicyclic amines) is 1. The second-order valence-electron chi connectivity index (χ2n) is 13.7. The summed E-state index contributed by atoms with van der Waals surface area (Å²) in [5.74, 6) is 5.05. The van der Waals surface area contributed by atoms with Crippen LogP contribution in [0, 0.1) is 11.3 Å². The van der Waals surface area contributed by atoms with Gasteiger partial charge in [0.2, 0.25) is 12.3 Å². The number of rotatable bonds is 16. The van der Waals surface area contributed by atoms with Crippen LogP contribution in [-0.2, 0) is 30.3 Å². The molecule has 4 aliphatic rings. The second kappa shape index (κ2) is 16.4. The minimum Gasteiger partial charge on any atom is -0.487 e. The number of esters is 1. The van der Waals surface area contributed by atoms with Crippen LogP contribution in [0.4, 0.5) is 4.39 Å². The van der Waals surface area contributed by atoms with Gasteiger partial charge in [-0.25, -0.2) is 15.0 Å². The summed E-state index contributed by atoms with van der Waals surface area (Å²) in [6.07, 6.45) is 10.4. The number of nitrogens with two attached hydrogens (primary N) is 2. The summed E-state index contributed by atoms with van der Waals surface area (Å²) in [5.41, 5.74) is 8.88. The van der Waals surface area contributed by atoms with E-state index < -0.39 is 30.1 Å². The fourth-order valence-electron chi connectivity index (χ4n) is 7.46. The van der Waals surface area contributed by atoms with Gasteiger partial charge in [0.15, 0.2) is 6.10 Å². The largest absolute Gasteiger partial charge is 0.487 e. The van der Waals surface area contributed by atoms with Gasteiger partial charge in [-0.05, 0) is 80.6 Å². The molecule has 0 radical (unpaired) electrons. The molecule has 49 heavy (non-hydrogen) atoms. The van der Waals surface area contributed by atoms with Crippen molar-refractivity contribution in [1.29, 1.82) is 0 Å². The quantitative estimate of drug-likeness (QED) is 0.0763. The minimum atomic E-state index is -1.44. The van der Waals surface area contributed by atoms with Crippen LogP contribution in [0.5, 0.6) is 5.75 Å². The number of hydrazine groups is 1. The molecule has 2 heterocycles. The summed E-state index contributed by atoms with van der Waals surface area (Å²) in [4.78, 5) is 40.4. The maximum Gasteiger partial charge on any atom is 0.335 e. The zero-order valence-electron chi connectivity index (χ0n) is 28.4. The van der Waals surface area contributed by atoms with Crippen LogP contribution in [0.15, 0.2) is 47.3 Å². The summed E-state index contributed by atoms with van der Waals surface area (Å²) >= 11 is 6.90. The number of nitrogens with zero attached hydrogens (tertiary/aromatic N) is 2. The molecule has 2 aliphatic heterocycles. The van der Waals surface area contributed by atoms with Gasteiger partial charge in [0.05, 0.1) is 11.4 Å². The SMILES string of the molecule is CC(F)/C(=C(/N)COc1ccc(Cl)c(CCNC=O)c1C(CN1CC2(CC2)CC1=O)C1CCCOC1C(=O)OCC1=CCCC=C1)N(C)N. The maximum atomic E-state index is 14.5. The Kier molecular flexibility index (Phi) is 12.3. The van der Waals surface area contributed by atoms with E-state index in [2.05, 4.69) is 17.5 Å². The molecule has 1 aromatic carbocycles. The second-order valence-corrected chi connectivity index (χ2v) is 14.1. The highest BCUT2D eigenvalue weighted by molar-refractivity contribution is 6.31. The molecule has 4 atom stereocenters. The zero-order valence-corrected chi connectivity index (χ0v) is 29.2. The lowest BCUT2D eigenvalue weighted by atomic mass is 9.75. The van der Waals surface area contributed by atoms with Gasteiger partial charge in [0, 0.05) is 62.1 Å². The molecule has 3 fully saturated rings. The van der Waals surface area contributed by atoms with Crippen LogP contribution in [-0.4, -0.2) is 87.0 Å². The van der Waals surface area contributed by atoms with E-state index in [-0.39, 0.29) is 42.5 Å². The lowest BCUT2D eigenvalue weighted by Crippen LogP contribution is -2.44. The number of hydrogen-bond acceptors (Lipinski definition) is 9. The van der Waals surface area contributed by atoms with Gasteiger partial charge < -0.3 is 35.2 Å². The lowest BCUT2D eigenvalue weighted by Gasteiger charge is -2.39. The van der Waals surface area contributed by atoms with Crippen molar-refractivity contribution >= 4 is 29.9 Å². The number of alkyl halides is 1. The smallest absolute Gasteiger partial charge is 0.335 e. The van der Waals surface area contributed by atoms with Crippen LogP contribution < -0.4 is 21.6 Å². The molecule has 4 unspecified atom stereocenters. The third-order valence-corrected chi connectivity index (χ3v) is 10.4. The van der Waals surface area contributed by atoms with Gasteiger partial charge in [-0.1, -0.05) is 29.8 Å². The van der Waals surface area contributed by atoms with Crippen molar-refractivity contribution < 1.29 is 33.0 Å². The fraction of sp³-hybridized carbons (Fsp3) is 0.583. The Morgan fingerprint density at radius 2 is 2.12 bits per heavy atom. The first-order chi connectivity index (χ1) is 23.5. The van der Waals surface area contributed by atoms with E-state index in [4.69, 9.17) is 37.4 Å². The van der Waals surface area contributed by atoms with Crippen LogP contribution >= 0.6 is 11.6 Å². The molecule has 1 aromatic rings. The summed E-state index contributed by atoms with van der Waals surface area (Å²) in [6, 6.07) is 3.43. The molecule has 0 bridgehead atoms. The van der Waals surface area contributed by atoms with Crippen molar-refractivity contribution in [2.24, 2.45) is 22.9 Å². The van der Waals surface area contributed by atoms with Crippen molar-refractivity contribution in [2.45, 2.75) is 76.5 Å². The molecule has 13 heteroatoms. The van der Waals surface area contributed by atoms with Gasteiger partial charge >= 0.3 is 5.97 Å². The van der Waals surface area contributed by atoms with E-state index in [1.54, 1.807) is 12.1 Å². The topological polar surface area (TPSA) is 149 Å². The van der Waals surface area contributed by atoms with E-state index in [0.29, 0.717) is 73.7 Å². The number of allylic oxidation sites excluding steroid dienone is 3. The molecule has 11 nitrogen and oxygen atoms in total. The number of amides is 2. The first kappa shape index (κ1) is 36.7. The number of carbonyl (C=O) groups is 3. The zero-order chi connectivity index (χ0) is 35.1. The summed E-state index contributed by atoms with van der Waals surface area (Å²) in [5, 5.41) is 4.29. The number of benzene rings is 1. The molecule has 2 amide bonds. The summed E-state index contributed by atoms with van der Waals surface area (Å²) in [7, 11) is 1.50. The average Bonchev–Trinajstić information content (AvgIpc) is 3.76. The van der Waals surface area contributed by atoms with Crippen molar-refractivity contribution in [2.75, 3.05) is 46.5 Å². The van der Waals surface area contributed by atoms with Gasteiger partial charge in [0.25, 0.3) is 0 Å². The Labute approximate surface area is 292 Å². The normalized spacial score (nSPS) is 23.0. The van der Waals surface area contributed by atoms with Crippen molar-refractivity contribution in [1.82, 2.24) is 15.2 Å². The van der Waals surface area contributed by atoms with Crippen molar-refractivity contribution in [3.63, 3.8) is 0 Å². The Bertz CT molecular complexity index is 1470. The molecular formula is C36H49ClFN5O6. The first-order valence-electron chi connectivity index (χ1n) is 17.2. The molecule has 2 saturated heterocycles. The van der Waals surface area contributed by atoms with E-state index >= 15 is 0 Å². The van der Waals surface area contributed by atoms with E-state index in [1.165, 1.54) is 14.0 Å². The van der Waals surface area contributed by atoms with E-state index in [9.17, 15) is 18.8 Å². The van der Waals surface area contributed by atoms with Crippen LogP contribution in [0.25, 0.3) is 0 Å². The van der Waals surface area contributed by atoms with Crippen LogP contribution in [0.3, 0.4) is 0 Å². The highest BCUT2D eigenvalue weighted by atomic mass is 35.5. The van der Waals surface area contributed by atoms with E-state index in [1.807, 2.05) is 11.0 Å². The lowest BCUT2D eigenvalue weighted by molar-refractivity contribution is -0.165. The first-order valence-corrected chi connectivity index (χ1v) is 17.5. The van der Waals surface area contributed by atoms with Gasteiger partial charge in [0.1, 0.15) is 25.1 Å². The number of hydrogen-bond donors (Lipinski definition) is 3. The molecule has 0 aromatic heterocycles. The summed E-state index contributed by atoms with van der Waals surface area (Å²) < 4.78 is 32.9. The molecular weight excluding hydrogens is 653 g/mol. The predicted octanol–water partition coefficient (Wildman–Crippen LogP) is 4.05. The Hall–Kier alpha value is -3.61. The summed E-state index contributed by atoms with van der Waals surface area (Å²) in [6.45, 7) is 2.93. The third-order valence-electron chi connectivity index (χ3n) is 10.1. The van der Waals surface area contributed by atoms with Gasteiger partial charge in [-0.3, -0.25) is 9.59 Å². The number of halogens is 2. The van der Waals surface area contributed by atoms with Gasteiger partial charge in [-0.15, -0.1) is 0 Å². The Morgan fingerprint density at radius 3 is 2.78 bits per heavy atom. The molecule has 1 spiro atoms. The van der Waals surface area contributed by atoms with Crippen LogP contribution in [0.2, 0.25) is 5.02 Å². The molecule has 2 aliphatic carbocycles. The Morgan fingerprint density at radius 1 is 1.33 bits per heavy atom. The van der Waals surface area contributed by atoms with Crippen molar-refractivity contribution in [3.8, 4) is 5.75 Å². The highest BCUT2D eigenvalue weighted by Gasteiger charge is 2.53. The molecule has 268 valence electrons. The van der Waals surface area contributed by atoms with Crippen molar-refractivity contribution in [3.05, 3.63) is 63.5 Å². The highest BCUT2D eigenvalue weighted by Crippen LogP contribution is 2.54. The number of nitrogens with one attached hydrogen (secondary N) is 1. The predicted molar refractivity (Wildman–Crippen MR) is 184 cm³/mol. The third kappa shape index (κ3) is 8.95. The average molecular weight is 702 g/mol.